The van der Waals surface area contributed by atoms with Crippen molar-refractivity contribution in [1.29, 1.82) is 0 Å². The number of rotatable bonds is 5. The summed E-state index contributed by atoms with van der Waals surface area (Å²) in [6.45, 7) is 4.04. The van der Waals surface area contributed by atoms with Crippen LogP contribution in [-0.2, 0) is 0 Å². The minimum absolute atomic E-state index is 0.918. The number of nitrogens with zero attached hydrogens (tertiary/aromatic N) is 1. The van der Waals surface area contributed by atoms with Crippen molar-refractivity contribution < 1.29 is 0 Å². The monoisotopic (exact) mass is 157 g/mol. The van der Waals surface area contributed by atoms with Crippen molar-refractivity contribution >= 4 is 0 Å². The highest BCUT2D eigenvalue weighted by Gasteiger charge is 1.90. The topological polar surface area (TPSA) is 41.3 Å². The third-order valence-corrected chi connectivity index (χ3v) is 1.55. The Morgan fingerprint density at radius 1 is 1.64 bits per heavy atom. The second-order valence-corrected chi connectivity index (χ2v) is 2.63. The molecule has 0 rings (SSSR count). The molecule has 0 aromatic heterocycles. The summed E-state index contributed by atoms with van der Waals surface area (Å²) < 4.78 is 0. The zero-order valence-electron chi connectivity index (χ0n) is 7.72. The van der Waals surface area contributed by atoms with Crippen LogP contribution in [-0.4, -0.2) is 32.1 Å². The molecule has 0 aliphatic carbocycles. The second-order valence-electron chi connectivity index (χ2n) is 2.63. The van der Waals surface area contributed by atoms with E-state index in [0.717, 1.165) is 25.2 Å². The van der Waals surface area contributed by atoms with Gasteiger partial charge in [0.1, 0.15) is 0 Å². The van der Waals surface area contributed by atoms with Gasteiger partial charge in [-0.15, -0.1) is 0 Å². The predicted molar refractivity (Wildman–Crippen MR) is 49.1 cm³/mol. The number of nitrogens with two attached hydrogens (primary N) is 1. The van der Waals surface area contributed by atoms with Crippen LogP contribution in [0.4, 0.5) is 0 Å². The van der Waals surface area contributed by atoms with Crippen molar-refractivity contribution in [2.75, 3.05) is 27.2 Å². The lowest BCUT2D eigenvalue weighted by molar-refractivity contribution is 0.477. The molecule has 0 bridgehead atoms. The molecule has 0 aliphatic rings. The molecule has 0 spiro atoms. The first-order valence-corrected chi connectivity index (χ1v) is 4.01. The van der Waals surface area contributed by atoms with E-state index in [-0.39, 0.29) is 0 Å². The van der Waals surface area contributed by atoms with Crippen LogP contribution in [0.3, 0.4) is 0 Å². The molecule has 0 heterocycles. The summed E-state index contributed by atoms with van der Waals surface area (Å²) in [4.78, 5) is 2.07. The van der Waals surface area contributed by atoms with E-state index >= 15 is 0 Å². The number of nitrogens with one attached hydrogen (secondary N) is 1. The van der Waals surface area contributed by atoms with Crippen LogP contribution in [0, 0.1) is 0 Å². The summed E-state index contributed by atoms with van der Waals surface area (Å²) in [5.41, 5.74) is 6.65. The minimum Gasteiger partial charge on any atom is -0.401 e. The van der Waals surface area contributed by atoms with Gasteiger partial charge in [0.2, 0.25) is 0 Å². The fourth-order valence-corrected chi connectivity index (χ4v) is 0.708. The predicted octanol–water partition coefficient (Wildman–Crippen LogP) is 0.348. The quantitative estimate of drug-likeness (QED) is 0.605. The van der Waals surface area contributed by atoms with Crippen LogP contribution >= 0.6 is 0 Å². The average molecular weight is 157 g/mol. The minimum atomic E-state index is 0.918. The summed E-state index contributed by atoms with van der Waals surface area (Å²) in [5.74, 6) is 0. The molecule has 0 aromatic carbocycles. The van der Waals surface area contributed by atoms with Crippen molar-refractivity contribution in [2.24, 2.45) is 5.73 Å². The second kappa shape index (κ2) is 6.04. The summed E-state index contributed by atoms with van der Waals surface area (Å²) in [5, 5.41) is 3.05. The van der Waals surface area contributed by atoms with Gasteiger partial charge in [0.15, 0.2) is 0 Å². The van der Waals surface area contributed by atoms with E-state index < -0.39 is 0 Å². The molecule has 0 unspecified atom stereocenters. The molecule has 3 nitrogen and oxygen atoms in total. The highest BCUT2D eigenvalue weighted by atomic mass is 15.1. The zero-order valence-corrected chi connectivity index (χ0v) is 7.72. The molecular formula is C8H19N3. The molecule has 0 saturated heterocycles. The summed E-state index contributed by atoms with van der Waals surface area (Å²) >= 11 is 0. The van der Waals surface area contributed by atoms with Gasteiger partial charge in [-0.05, 0) is 14.0 Å². The maximum Gasteiger partial charge on any atom is 0.0255 e. The molecule has 3 N–H and O–H groups in total. The van der Waals surface area contributed by atoms with E-state index in [0.29, 0.717) is 0 Å². The molecule has 66 valence electrons. The maximum atomic E-state index is 5.72. The van der Waals surface area contributed by atoms with Crippen LogP contribution in [0.15, 0.2) is 11.9 Å². The van der Waals surface area contributed by atoms with E-state index in [1.54, 1.807) is 0 Å². The summed E-state index contributed by atoms with van der Waals surface area (Å²) in [6, 6.07) is 0. The van der Waals surface area contributed by atoms with Crippen molar-refractivity contribution in [3.8, 4) is 0 Å². The Morgan fingerprint density at radius 3 is 2.73 bits per heavy atom. The van der Waals surface area contributed by atoms with Gasteiger partial charge in [-0.25, -0.2) is 0 Å². The first kappa shape index (κ1) is 10.3. The number of hydrogen-bond donors (Lipinski definition) is 2. The van der Waals surface area contributed by atoms with Gasteiger partial charge in [-0.3, -0.25) is 0 Å². The van der Waals surface area contributed by atoms with Gasteiger partial charge < -0.3 is 16.0 Å². The highest BCUT2D eigenvalue weighted by Crippen LogP contribution is 1.92. The first-order chi connectivity index (χ1) is 5.20. The Balaban J connectivity index is 3.61. The number of hydrogen-bond acceptors (Lipinski definition) is 3. The SMILES string of the molecule is CCN(C)/C=C(\N)CCNC. The van der Waals surface area contributed by atoms with Gasteiger partial charge >= 0.3 is 0 Å². The van der Waals surface area contributed by atoms with Gasteiger partial charge in [-0.1, -0.05) is 0 Å². The van der Waals surface area contributed by atoms with E-state index in [9.17, 15) is 0 Å². The first-order valence-electron chi connectivity index (χ1n) is 4.01. The smallest absolute Gasteiger partial charge is 0.0255 e. The largest absolute Gasteiger partial charge is 0.401 e. The van der Waals surface area contributed by atoms with E-state index in [4.69, 9.17) is 5.73 Å². The molecule has 0 atom stereocenters. The van der Waals surface area contributed by atoms with Gasteiger partial charge in [0, 0.05) is 38.5 Å². The summed E-state index contributed by atoms with van der Waals surface area (Å²) in [6.07, 6.45) is 2.90. The van der Waals surface area contributed by atoms with Crippen molar-refractivity contribution in [2.45, 2.75) is 13.3 Å². The molecule has 0 aromatic rings. The standard InChI is InChI=1S/C8H19N3/c1-4-11(3)7-8(9)5-6-10-2/h7,10H,4-6,9H2,1-3H3/b8-7-. The molecule has 0 fully saturated rings. The van der Waals surface area contributed by atoms with Crippen LogP contribution in [0.25, 0.3) is 0 Å². The van der Waals surface area contributed by atoms with Crippen LogP contribution in [0.5, 0.6) is 0 Å². The van der Waals surface area contributed by atoms with Crippen LogP contribution in [0.2, 0.25) is 0 Å². The Labute approximate surface area is 69.3 Å². The van der Waals surface area contributed by atoms with E-state index in [1.807, 2.05) is 20.3 Å². The third-order valence-electron chi connectivity index (χ3n) is 1.55. The molecular weight excluding hydrogens is 138 g/mol. The van der Waals surface area contributed by atoms with Crippen molar-refractivity contribution in [3.63, 3.8) is 0 Å². The third kappa shape index (κ3) is 5.73. The van der Waals surface area contributed by atoms with Gasteiger partial charge in [-0.2, -0.15) is 0 Å². The fourth-order valence-electron chi connectivity index (χ4n) is 0.708. The molecule has 0 aliphatic heterocycles. The summed E-state index contributed by atoms with van der Waals surface area (Å²) in [7, 11) is 3.95. The lowest BCUT2D eigenvalue weighted by atomic mass is 10.3. The Morgan fingerprint density at radius 2 is 2.27 bits per heavy atom. The zero-order chi connectivity index (χ0) is 8.69. The molecule has 3 heteroatoms. The lowest BCUT2D eigenvalue weighted by Crippen LogP contribution is -2.16. The Bertz CT molecular complexity index is 121. The maximum absolute atomic E-state index is 5.72. The normalized spacial score (nSPS) is 11.7. The molecule has 0 saturated carbocycles. The Hall–Kier alpha value is -0.700. The Kier molecular flexibility index (Phi) is 5.65. The van der Waals surface area contributed by atoms with Crippen LogP contribution in [0.1, 0.15) is 13.3 Å². The average Bonchev–Trinajstić information content (AvgIpc) is 2.00. The van der Waals surface area contributed by atoms with Crippen LogP contribution < -0.4 is 11.1 Å². The molecule has 0 radical (unpaired) electrons. The highest BCUT2D eigenvalue weighted by molar-refractivity contribution is 4.95. The lowest BCUT2D eigenvalue weighted by Gasteiger charge is -2.11. The molecule has 11 heavy (non-hydrogen) atoms. The van der Waals surface area contributed by atoms with Crippen molar-refractivity contribution in [3.05, 3.63) is 11.9 Å². The van der Waals surface area contributed by atoms with Crippen molar-refractivity contribution in [1.82, 2.24) is 10.2 Å². The molecule has 0 amide bonds. The van der Waals surface area contributed by atoms with Gasteiger partial charge in [0.05, 0.1) is 0 Å². The van der Waals surface area contributed by atoms with E-state index in [1.165, 1.54) is 0 Å². The van der Waals surface area contributed by atoms with E-state index in [2.05, 4.69) is 17.1 Å². The fraction of sp³-hybridized carbons (Fsp3) is 0.750. The van der Waals surface area contributed by atoms with Gasteiger partial charge in [0.25, 0.3) is 0 Å².